The fraction of sp³-hybridized carbons (Fsp3) is 0.222. The van der Waals surface area contributed by atoms with Crippen LogP contribution in [0, 0.1) is 55.4 Å². The molecule has 2 heterocycles. The minimum atomic E-state index is -4.01. The maximum Gasteiger partial charge on any atom is 0.339 e. The number of phenols is 1. The molecule has 3 atom stereocenters. The number of β-lactam (4-membered cyclic amide) rings is 2. The smallest absolute Gasteiger partial charge is 0.339 e. The van der Waals surface area contributed by atoms with E-state index in [4.69, 9.17) is 28.5 Å². The van der Waals surface area contributed by atoms with Gasteiger partial charge in [-0.05, 0) is 148 Å². The number of halogens is 1. The number of anilines is 2. The minimum Gasteiger partial charge on any atom is -0.508 e. The molecule has 6 aromatic rings. The van der Waals surface area contributed by atoms with Gasteiger partial charge in [0.2, 0.25) is 0 Å². The fourth-order valence-corrected chi connectivity index (χ4v) is 9.19. The number of aryl methyl sites for hydroxylation is 6. The van der Waals surface area contributed by atoms with Crippen LogP contribution >= 0.6 is 10.7 Å². The summed E-state index contributed by atoms with van der Waals surface area (Å²) in [7, 11) is 2.56. The summed E-state index contributed by atoms with van der Waals surface area (Å²) in [5, 5.41) is 9.99. The molecule has 0 bridgehead atoms. The van der Waals surface area contributed by atoms with Gasteiger partial charge in [0.15, 0.2) is 0 Å². The Bertz CT molecular complexity index is 3120. The highest BCUT2D eigenvalue weighted by Gasteiger charge is 2.44. The predicted octanol–water partition coefficient (Wildman–Crippen LogP) is 11.5. The van der Waals surface area contributed by atoms with Gasteiger partial charge in [0.25, 0.3) is 11.8 Å². The van der Waals surface area contributed by atoms with Crippen LogP contribution in [0.5, 0.6) is 28.7 Å². The molecule has 0 aromatic heterocycles. The number of hydrogen-bond acceptors (Lipinski definition) is 10. The number of aromatic hydroxyl groups is 1. The minimum absolute atomic E-state index is 0.0787. The summed E-state index contributed by atoms with van der Waals surface area (Å²) in [6.45, 7) is 23.2. The SMILES string of the molecule is C=C1C(=O)N(c2cc(C)c(C)c(OC)c2)[C@H]1c1ccc(C)c(O)c1.C=C1C(=O)N(c2cc(C)c(C)c(OC)c2)[C@H]1c1ccc(C)c(OS(=O)(=O)c2ccc(C)cc2)c1.Cc1ccc(OS(=O)Cl)cc1. The monoisotopic (exact) mass is 990 g/mol. The van der Waals surface area contributed by atoms with Crippen molar-refractivity contribution >= 4 is 54.3 Å². The second kappa shape index (κ2) is 21.2. The molecular formula is C54H55ClN2O10S2. The normalized spacial score (nSPS) is 15.7. The van der Waals surface area contributed by atoms with Crippen LogP contribution in [-0.4, -0.2) is 43.8 Å². The molecule has 1 N–H and O–H groups in total. The Hall–Kier alpha value is -6.87. The Morgan fingerprint density at radius 1 is 0.580 bits per heavy atom. The molecule has 0 radical (unpaired) electrons. The van der Waals surface area contributed by atoms with E-state index in [9.17, 15) is 27.3 Å². The molecule has 0 aliphatic carbocycles. The summed E-state index contributed by atoms with van der Waals surface area (Å²) in [4.78, 5) is 28.6. The van der Waals surface area contributed by atoms with E-state index in [1.54, 1.807) is 73.4 Å². The Morgan fingerprint density at radius 2 is 1.01 bits per heavy atom. The van der Waals surface area contributed by atoms with Gasteiger partial charge in [0.1, 0.15) is 33.6 Å². The molecule has 2 fully saturated rings. The standard InChI is InChI=1S/C27H27NO5S.C20H21NO3.C7H7ClO2S/c1-16-7-11-23(12-8-16)34(30,31)33-24-14-21(10-9-17(24)2)26-20(5)27(29)28(26)22-13-18(3)19(4)25(15-22)32-6;1-11-6-7-15(9-17(11)22)19-14(4)20(23)21(19)16-8-12(2)13(3)18(10-16)24-5;1-6-2-4-7(5-3-6)10-11(8)9/h7-15,26H,5H2,1-4,6H3;6-10,19,22H,4H2,1-3,5H3;2-5H,1H3/t26-;19-;/m11./s1. The third-order valence-corrected chi connectivity index (χ3v) is 13.9. The van der Waals surface area contributed by atoms with E-state index in [0.717, 1.165) is 55.9 Å². The van der Waals surface area contributed by atoms with Crippen LogP contribution in [0.1, 0.15) is 67.7 Å². The van der Waals surface area contributed by atoms with E-state index >= 15 is 0 Å². The first-order chi connectivity index (χ1) is 32.6. The number of methoxy groups -OCH3 is 2. The summed E-state index contributed by atoms with van der Waals surface area (Å²) in [5.41, 5.74) is 11.6. The molecular weight excluding hydrogens is 936 g/mol. The highest BCUT2D eigenvalue weighted by molar-refractivity contribution is 8.04. The summed E-state index contributed by atoms with van der Waals surface area (Å²) in [6, 6.07) is 31.3. The van der Waals surface area contributed by atoms with Gasteiger partial charge in [-0.15, -0.1) is 0 Å². The van der Waals surface area contributed by atoms with Gasteiger partial charge >= 0.3 is 20.4 Å². The molecule has 2 saturated heterocycles. The topological polar surface area (TPSA) is 149 Å². The molecule has 2 amide bonds. The maximum absolute atomic E-state index is 12.9. The number of amides is 2. The van der Waals surface area contributed by atoms with Crippen molar-refractivity contribution < 1.29 is 45.2 Å². The number of ether oxygens (including phenoxy) is 2. The molecule has 69 heavy (non-hydrogen) atoms. The molecule has 8 rings (SSSR count). The highest BCUT2D eigenvalue weighted by Crippen LogP contribution is 2.46. The van der Waals surface area contributed by atoms with E-state index in [-0.39, 0.29) is 34.3 Å². The second-order valence-corrected chi connectivity index (χ2v) is 19.8. The Morgan fingerprint density at radius 3 is 1.45 bits per heavy atom. The lowest BCUT2D eigenvalue weighted by molar-refractivity contribution is -0.119. The van der Waals surface area contributed by atoms with Gasteiger partial charge in [0, 0.05) is 45.3 Å². The lowest BCUT2D eigenvalue weighted by Crippen LogP contribution is -2.48. The average Bonchev–Trinajstić information content (AvgIpc) is 3.31. The van der Waals surface area contributed by atoms with Crippen LogP contribution in [0.15, 0.2) is 138 Å². The average molecular weight is 992 g/mol. The summed E-state index contributed by atoms with van der Waals surface area (Å²) in [5.74, 6) is 2.09. The zero-order chi connectivity index (χ0) is 50.6. The van der Waals surface area contributed by atoms with Gasteiger partial charge in [0.05, 0.1) is 26.3 Å². The largest absolute Gasteiger partial charge is 0.508 e. The number of rotatable bonds is 11. The molecule has 15 heteroatoms. The number of carbonyl (C=O) groups is 2. The van der Waals surface area contributed by atoms with Crippen molar-refractivity contribution in [1.82, 2.24) is 0 Å². The van der Waals surface area contributed by atoms with Crippen LogP contribution in [0.2, 0.25) is 0 Å². The number of carbonyl (C=O) groups excluding carboxylic acids is 2. The number of benzene rings is 6. The lowest BCUT2D eigenvalue weighted by Gasteiger charge is -2.43. The van der Waals surface area contributed by atoms with E-state index < -0.39 is 26.5 Å². The fourth-order valence-electron chi connectivity index (χ4n) is 7.72. The number of phenolic OH excluding ortho intramolecular Hbond substituents is 1. The van der Waals surface area contributed by atoms with Gasteiger partial charge in [-0.1, -0.05) is 72.8 Å². The summed E-state index contributed by atoms with van der Waals surface area (Å²) >= 11 is 0. The second-order valence-electron chi connectivity index (χ2n) is 16.9. The quantitative estimate of drug-likeness (QED) is 0.0575. The van der Waals surface area contributed by atoms with Crippen molar-refractivity contribution in [2.75, 3.05) is 24.0 Å². The molecule has 1 unspecified atom stereocenters. The molecule has 2 aliphatic heterocycles. The third-order valence-electron chi connectivity index (χ3n) is 12.1. The Kier molecular flexibility index (Phi) is 15.8. The van der Waals surface area contributed by atoms with Crippen LogP contribution in [-0.2, 0) is 30.0 Å². The summed E-state index contributed by atoms with van der Waals surface area (Å²) < 4.78 is 57.2. The Labute approximate surface area is 411 Å². The Balaban J connectivity index is 0.000000193. The lowest BCUT2D eigenvalue weighted by atomic mass is 9.87. The van der Waals surface area contributed by atoms with Crippen molar-refractivity contribution in [2.45, 2.75) is 72.4 Å². The first kappa shape index (κ1) is 51.5. The zero-order valence-corrected chi connectivity index (χ0v) is 42.6. The van der Waals surface area contributed by atoms with Gasteiger partial charge in [-0.25, -0.2) is 0 Å². The third kappa shape index (κ3) is 11.2. The summed E-state index contributed by atoms with van der Waals surface area (Å²) in [6.07, 6.45) is 0. The van der Waals surface area contributed by atoms with E-state index in [1.165, 1.54) is 12.1 Å². The van der Waals surface area contributed by atoms with E-state index in [2.05, 4.69) is 13.2 Å². The van der Waals surface area contributed by atoms with Crippen LogP contribution < -0.4 is 27.6 Å². The van der Waals surface area contributed by atoms with Crippen molar-refractivity contribution in [3.05, 3.63) is 189 Å². The van der Waals surface area contributed by atoms with E-state index in [1.807, 2.05) is 103 Å². The molecule has 0 saturated carbocycles. The molecule has 2 aliphatic rings. The van der Waals surface area contributed by atoms with Crippen molar-refractivity contribution in [3.8, 4) is 28.7 Å². The first-order valence-corrected chi connectivity index (χ1v) is 25.0. The zero-order valence-electron chi connectivity index (χ0n) is 40.2. The van der Waals surface area contributed by atoms with Crippen LogP contribution in [0.4, 0.5) is 11.4 Å². The van der Waals surface area contributed by atoms with Gasteiger partial charge in [-0.2, -0.15) is 12.6 Å². The van der Waals surface area contributed by atoms with Gasteiger partial charge in [-0.3, -0.25) is 19.4 Å². The van der Waals surface area contributed by atoms with Crippen molar-refractivity contribution in [1.29, 1.82) is 0 Å². The number of hydrogen-bond donors (Lipinski definition) is 1. The maximum atomic E-state index is 12.9. The van der Waals surface area contributed by atoms with Crippen LogP contribution in [0.25, 0.3) is 0 Å². The number of nitrogens with zero attached hydrogens (tertiary/aromatic N) is 2. The van der Waals surface area contributed by atoms with Crippen LogP contribution in [0.3, 0.4) is 0 Å². The molecule has 12 nitrogen and oxygen atoms in total. The highest BCUT2D eigenvalue weighted by atomic mass is 35.7. The molecule has 360 valence electrons. The molecule has 6 aromatic carbocycles. The predicted molar refractivity (Wildman–Crippen MR) is 272 cm³/mol. The van der Waals surface area contributed by atoms with E-state index in [0.29, 0.717) is 39.5 Å². The van der Waals surface area contributed by atoms with Crippen molar-refractivity contribution in [2.24, 2.45) is 0 Å². The molecule has 0 spiro atoms. The van der Waals surface area contributed by atoms with Crippen molar-refractivity contribution in [3.63, 3.8) is 0 Å². The first-order valence-electron chi connectivity index (χ1n) is 21.7. The van der Waals surface area contributed by atoms with Gasteiger partial charge < -0.3 is 22.9 Å².